The first-order chi connectivity index (χ1) is 21.3. The number of phenolic OH excluding ortho intramolecular Hbond substituents is 1. The summed E-state index contributed by atoms with van der Waals surface area (Å²) >= 11 is 0.462. The molecule has 0 aliphatic carbocycles. The predicted molar refractivity (Wildman–Crippen MR) is 152 cm³/mol. The van der Waals surface area contributed by atoms with Gasteiger partial charge in [0.25, 0.3) is 5.91 Å². The summed E-state index contributed by atoms with van der Waals surface area (Å²) in [5.41, 5.74) is -0.591. The van der Waals surface area contributed by atoms with Crippen LogP contribution >= 0.6 is 11.3 Å². The van der Waals surface area contributed by atoms with Gasteiger partial charge < -0.3 is 19.6 Å². The lowest BCUT2D eigenvalue weighted by Crippen LogP contribution is -2.57. The highest BCUT2D eigenvalue weighted by Gasteiger charge is 2.45. The summed E-state index contributed by atoms with van der Waals surface area (Å²) in [6, 6.07) is 5.68. The summed E-state index contributed by atoms with van der Waals surface area (Å²) in [6.45, 7) is 1.95. The maximum atomic E-state index is 14.4. The monoisotopic (exact) mass is 655 g/mol. The van der Waals surface area contributed by atoms with E-state index in [0.29, 0.717) is 54.6 Å². The molecule has 2 aliphatic heterocycles. The molecule has 45 heavy (non-hydrogen) atoms. The van der Waals surface area contributed by atoms with Gasteiger partial charge in [0.05, 0.1) is 23.6 Å². The molecule has 1 aromatic carbocycles. The second kappa shape index (κ2) is 12.9. The molecule has 1 N–H and O–H groups in total. The van der Waals surface area contributed by atoms with Crippen molar-refractivity contribution in [3.05, 3.63) is 75.2 Å². The molecule has 2 aromatic heterocycles. The second-order valence-corrected chi connectivity index (χ2v) is 12.1. The Hall–Kier alpha value is -3.81. The topological polar surface area (TPSA) is 83.0 Å². The minimum absolute atomic E-state index is 0.0575. The summed E-state index contributed by atoms with van der Waals surface area (Å²) in [6.07, 6.45) is -6.15. The number of piperidine rings is 1. The Morgan fingerprint density at radius 2 is 1.89 bits per heavy atom. The minimum atomic E-state index is -4.79. The first-order valence-corrected chi connectivity index (χ1v) is 15.4. The molecule has 0 radical (unpaired) electrons. The first kappa shape index (κ1) is 32.6. The highest BCUT2D eigenvalue weighted by molar-refractivity contribution is 7.10. The van der Waals surface area contributed by atoms with E-state index in [-0.39, 0.29) is 31.0 Å². The normalized spacial score (nSPS) is 20.6. The number of ether oxygens (including phenoxy) is 1. The molecule has 4 heterocycles. The standard InChI is InChI=1S/C31H31F6N3O4S/c1-2-3-8-24-20(7-5-12-39(24)29(43)21-15-38-11-10-23(21)30(32,33)34)28(42)40-16-22-18(6-4-9-25(22)41)13-27(40)44-19-14-26(45-17-19)31(35,36)37/h4,6,9-11,14-15,17,20,24,27,41H,2-3,5,7-8,12-13,16H2,1H3/t20-,24-,27?/m1/s1. The summed E-state index contributed by atoms with van der Waals surface area (Å²) < 4.78 is 87.3. The zero-order chi connectivity index (χ0) is 32.5. The number of carbonyl (C=O) groups is 2. The van der Waals surface area contributed by atoms with E-state index in [1.807, 2.05) is 6.92 Å². The van der Waals surface area contributed by atoms with Crippen molar-refractivity contribution in [3.63, 3.8) is 0 Å². The highest BCUT2D eigenvalue weighted by atomic mass is 32.1. The molecule has 3 aromatic rings. The molecular weight excluding hydrogens is 624 g/mol. The lowest BCUT2D eigenvalue weighted by Gasteiger charge is -2.45. The number of aromatic hydroxyl groups is 1. The van der Waals surface area contributed by atoms with Gasteiger partial charge in [0.1, 0.15) is 16.4 Å². The largest absolute Gasteiger partial charge is 0.508 e. The molecular formula is C31H31F6N3O4S. The number of hydrogen-bond donors (Lipinski definition) is 1. The van der Waals surface area contributed by atoms with Crippen LogP contribution in [-0.2, 0) is 30.1 Å². The van der Waals surface area contributed by atoms with E-state index in [9.17, 15) is 41.0 Å². The fourth-order valence-electron chi connectivity index (χ4n) is 6.12. The smallest absolute Gasteiger partial charge is 0.425 e. The molecule has 2 aliphatic rings. The van der Waals surface area contributed by atoms with E-state index in [1.165, 1.54) is 21.2 Å². The van der Waals surface area contributed by atoms with E-state index in [4.69, 9.17) is 4.74 Å². The van der Waals surface area contributed by atoms with Crippen molar-refractivity contribution in [2.45, 2.75) is 76.6 Å². The predicted octanol–water partition coefficient (Wildman–Crippen LogP) is 7.29. The Morgan fingerprint density at radius 3 is 2.58 bits per heavy atom. The number of halogens is 6. The van der Waals surface area contributed by atoms with E-state index in [2.05, 4.69) is 4.98 Å². The van der Waals surface area contributed by atoms with Gasteiger partial charge in [-0.25, -0.2) is 0 Å². The number of thiophene rings is 1. The van der Waals surface area contributed by atoms with Crippen LogP contribution < -0.4 is 4.74 Å². The van der Waals surface area contributed by atoms with Crippen molar-refractivity contribution in [1.29, 1.82) is 0 Å². The summed E-state index contributed by atoms with van der Waals surface area (Å²) in [5.74, 6) is -2.29. The van der Waals surface area contributed by atoms with Crippen LogP contribution in [0.15, 0.2) is 48.1 Å². The maximum Gasteiger partial charge on any atom is 0.425 e. The number of unbranched alkanes of at least 4 members (excludes halogenated alkanes) is 1. The Balaban J connectivity index is 1.48. The number of benzene rings is 1. The van der Waals surface area contributed by atoms with Crippen molar-refractivity contribution in [3.8, 4) is 11.5 Å². The maximum absolute atomic E-state index is 14.4. The van der Waals surface area contributed by atoms with Crippen LogP contribution in [0, 0.1) is 5.92 Å². The van der Waals surface area contributed by atoms with Crippen LogP contribution in [0.5, 0.6) is 11.5 Å². The van der Waals surface area contributed by atoms with Gasteiger partial charge >= 0.3 is 12.4 Å². The van der Waals surface area contributed by atoms with Crippen LogP contribution in [0.4, 0.5) is 26.3 Å². The average molecular weight is 656 g/mol. The van der Waals surface area contributed by atoms with Crippen LogP contribution in [-0.4, -0.2) is 50.5 Å². The molecule has 7 nitrogen and oxygen atoms in total. The molecule has 242 valence electrons. The third kappa shape index (κ3) is 6.90. The summed E-state index contributed by atoms with van der Waals surface area (Å²) in [5, 5.41) is 11.8. The zero-order valence-electron chi connectivity index (χ0n) is 24.2. The van der Waals surface area contributed by atoms with Crippen LogP contribution in [0.3, 0.4) is 0 Å². The number of carbonyl (C=O) groups excluding carboxylic acids is 2. The number of fused-ring (bicyclic) bond motifs is 1. The molecule has 3 atom stereocenters. The van der Waals surface area contributed by atoms with Crippen molar-refractivity contribution >= 4 is 23.2 Å². The quantitative estimate of drug-likeness (QED) is 0.271. The van der Waals surface area contributed by atoms with E-state index in [1.54, 1.807) is 12.1 Å². The fourth-order valence-corrected chi connectivity index (χ4v) is 6.81. The molecule has 1 unspecified atom stereocenters. The van der Waals surface area contributed by atoms with Crippen LogP contribution in [0.25, 0.3) is 0 Å². The lowest BCUT2D eigenvalue weighted by molar-refractivity contribution is -0.150. The van der Waals surface area contributed by atoms with Crippen LogP contribution in [0.1, 0.15) is 71.0 Å². The van der Waals surface area contributed by atoms with E-state index < -0.39 is 58.4 Å². The second-order valence-electron chi connectivity index (χ2n) is 11.2. The van der Waals surface area contributed by atoms with E-state index in [0.717, 1.165) is 24.5 Å². The van der Waals surface area contributed by atoms with Crippen molar-refractivity contribution in [2.75, 3.05) is 6.54 Å². The molecule has 0 saturated carbocycles. The Morgan fingerprint density at radius 1 is 1.11 bits per heavy atom. The van der Waals surface area contributed by atoms with Crippen LogP contribution in [0.2, 0.25) is 0 Å². The average Bonchev–Trinajstić information content (AvgIpc) is 3.48. The van der Waals surface area contributed by atoms with E-state index >= 15 is 0 Å². The van der Waals surface area contributed by atoms with Gasteiger partial charge in [0.2, 0.25) is 5.91 Å². The van der Waals surface area contributed by atoms with Crippen molar-refractivity contribution < 1.29 is 45.8 Å². The number of amides is 2. The highest BCUT2D eigenvalue weighted by Crippen LogP contribution is 2.40. The molecule has 1 fully saturated rings. The number of rotatable bonds is 7. The number of nitrogens with zero attached hydrogens (tertiary/aromatic N) is 3. The van der Waals surface area contributed by atoms with Gasteiger partial charge in [-0.15, -0.1) is 11.3 Å². The third-order valence-electron chi connectivity index (χ3n) is 8.30. The summed E-state index contributed by atoms with van der Waals surface area (Å²) in [4.78, 5) is 33.7. The Kier molecular flexibility index (Phi) is 9.33. The number of aromatic nitrogens is 1. The summed E-state index contributed by atoms with van der Waals surface area (Å²) in [7, 11) is 0. The Bertz CT molecular complexity index is 1540. The lowest BCUT2D eigenvalue weighted by atomic mass is 9.83. The Labute approximate surface area is 259 Å². The van der Waals surface area contributed by atoms with Gasteiger partial charge in [-0.3, -0.25) is 14.6 Å². The molecule has 14 heteroatoms. The van der Waals surface area contributed by atoms with Gasteiger partial charge in [0, 0.05) is 48.4 Å². The first-order valence-electron chi connectivity index (χ1n) is 14.5. The fraction of sp³-hybridized carbons (Fsp3) is 0.452. The number of alkyl halides is 6. The molecule has 2 amide bonds. The number of pyridine rings is 1. The van der Waals surface area contributed by atoms with Crippen molar-refractivity contribution in [2.24, 2.45) is 5.92 Å². The minimum Gasteiger partial charge on any atom is -0.508 e. The third-order valence-corrected chi connectivity index (χ3v) is 9.25. The molecule has 1 saturated heterocycles. The number of likely N-dealkylation sites (tertiary alicyclic amines) is 1. The van der Waals surface area contributed by atoms with Crippen molar-refractivity contribution in [1.82, 2.24) is 14.8 Å². The number of phenols is 1. The van der Waals surface area contributed by atoms with Gasteiger partial charge in [-0.05, 0) is 37.0 Å². The molecule has 0 spiro atoms. The molecule has 0 bridgehead atoms. The van der Waals surface area contributed by atoms with Gasteiger partial charge in [-0.2, -0.15) is 26.3 Å². The van der Waals surface area contributed by atoms with Gasteiger partial charge in [0.15, 0.2) is 6.23 Å². The van der Waals surface area contributed by atoms with Gasteiger partial charge in [-0.1, -0.05) is 31.9 Å². The number of hydrogen-bond acceptors (Lipinski definition) is 6. The SMILES string of the molecule is CCCC[C@@H]1[C@H](C(=O)N2Cc3c(O)cccc3CC2Oc2csc(C(F)(F)F)c2)CCCN1C(=O)c1cnccc1C(F)(F)F. The zero-order valence-corrected chi connectivity index (χ0v) is 25.0. The molecule has 5 rings (SSSR count).